The molecule has 0 aliphatic carbocycles. The second kappa shape index (κ2) is 4.65. The minimum atomic E-state index is -4.54. The highest BCUT2D eigenvalue weighted by atomic mass is 32.2. The van der Waals surface area contributed by atoms with Gasteiger partial charge in [-0.15, -0.1) is 0 Å². The average Bonchev–Trinajstić information content (AvgIpc) is 2.24. The second-order valence-corrected chi connectivity index (χ2v) is 6.16. The highest BCUT2D eigenvalue weighted by molar-refractivity contribution is 7.90. The molecule has 1 aliphatic rings. The Kier molecular flexibility index (Phi) is 3.41. The summed E-state index contributed by atoms with van der Waals surface area (Å²) < 4.78 is 63.9. The molecule has 0 amide bonds. The van der Waals surface area contributed by atoms with Gasteiger partial charge in [0.1, 0.15) is 4.90 Å². The Morgan fingerprint density at radius 3 is 2.45 bits per heavy atom. The Hall–Kier alpha value is -1.77. The van der Waals surface area contributed by atoms with E-state index in [2.05, 4.69) is 15.0 Å². The van der Waals surface area contributed by atoms with Gasteiger partial charge in [0.15, 0.2) is 0 Å². The summed E-state index contributed by atoms with van der Waals surface area (Å²) in [4.78, 5) is 3.71. The number of fused-ring (bicyclic) bond motifs is 1. The number of sulfonamides is 1. The highest BCUT2D eigenvalue weighted by Crippen LogP contribution is 2.34. The summed E-state index contributed by atoms with van der Waals surface area (Å²) in [6.45, 7) is 3.43. The Bertz CT molecular complexity index is 666. The quantitative estimate of drug-likeness (QED) is 0.835. The summed E-state index contributed by atoms with van der Waals surface area (Å²) in [7, 11) is -3.91. The summed E-state index contributed by atoms with van der Waals surface area (Å²) in [5.74, 6) is -0.0909. The van der Waals surface area contributed by atoms with Crippen molar-refractivity contribution < 1.29 is 21.6 Å². The molecule has 9 heteroatoms. The maximum Gasteiger partial charge on any atom is 0.416 e. The molecular weight excluding hydrogens is 295 g/mol. The molecule has 1 aromatic rings. The van der Waals surface area contributed by atoms with Gasteiger partial charge in [-0.3, -0.25) is 0 Å². The molecule has 0 aromatic heterocycles. The van der Waals surface area contributed by atoms with Crippen LogP contribution in [0, 0.1) is 0 Å². The average molecular weight is 307 g/mol. The zero-order valence-corrected chi connectivity index (χ0v) is 11.4. The molecule has 2 N–H and O–H groups in total. The summed E-state index contributed by atoms with van der Waals surface area (Å²) in [5.41, 5.74) is -1.07. The Morgan fingerprint density at radius 1 is 1.25 bits per heavy atom. The van der Waals surface area contributed by atoms with Crippen LogP contribution in [-0.2, 0) is 16.2 Å². The van der Waals surface area contributed by atoms with Crippen LogP contribution < -0.4 is 10.0 Å². The Balaban J connectivity index is 2.54. The van der Waals surface area contributed by atoms with E-state index in [1.807, 2.05) is 0 Å². The fraction of sp³-hybridized carbons (Fsp3) is 0.364. The Labute approximate surface area is 114 Å². The molecule has 0 radical (unpaired) electrons. The van der Waals surface area contributed by atoms with Crippen molar-refractivity contribution >= 4 is 21.7 Å². The van der Waals surface area contributed by atoms with E-state index in [1.165, 1.54) is 0 Å². The van der Waals surface area contributed by atoms with Crippen molar-refractivity contribution in [1.82, 2.24) is 4.72 Å². The third kappa shape index (κ3) is 2.87. The van der Waals surface area contributed by atoms with Gasteiger partial charge in [0.25, 0.3) is 10.0 Å². The maximum absolute atomic E-state index is 12.6. The first kappa shape index (κ1) is 14.6. The SMILES string of the molecule is CC(C)N=C1Nc2cc(C(F)(F)F)ccc2S(=O)(=O)N1. The van der Waals surface area contributed by atoms with Gasteiger partial charge in [0.2, 0.25) is 5.96 Å². The lowest BCUT2D eigenvalue weighted by Gasteiger charge is -2.23. The monoisotopic (exact) mass is 307 g/mol. The number of anilines is 1. The van der Waals surface area contributed by atoms with E-state index < -0.39 is 21.8 Å². The molecule has 0 unspecified atom stereocenters. The second-order valence-electron chi connectivity index (χ2n) is 4.51. The van der Waals surface area contributed by atoms with Gasteiger partial charge in [-0.25, -0.2) is 18.1 Å². The molecule has 0 fully saturated rings. The molecular formula is C11H12F3N3O2S. The number of aliphatic imine (C=N–C) groups is 1. The number of hydrogen-bond acceptors (Lipinski definition) is 3. The van der Waals surface area contributed by atoms with Crippen LogP contribution in [0.2, 0.25) is 0 Å². The van der Waals surface area contributed by atoms with Crippen LogP contribution >= 0.6 is 0 Å². The van der Waals surface area contributed by atoms with Crippen molar-refractivity contribution in [3.8, 4) is 0 Å². The highest BCUT2D eigenvalue weighted by Gasteiger charge is 2.34. The summed E-state index contributed by atoms with van der Waals surface area (Å²) >= 11 is 0. The molecule has 0 bridgehead atoms. The molecule has 1 aromatic carbocycles. The zero-order chi connectivity index (χ0) is 15.1. The van der Waals surface area contributed by atoms with Crippen molar-refractivity contribution in [3.63, 3.8) is 0 Å². The van der Waals surface area contributed by atoms with Crippen LogP contribution in [-0.4, -0.2) is 20.4 Å². The minimum absolute atomic E-state index is 0.0909. The minimum Gasteiger partial charge on any atom is -0.324 e. The van der Waals surface area contributed by atoms with Gasteiger partial charge in [-0.05, 0) is 32.0 Å². The standard InChI is InChI=1S/C11H12F3N3O2S/c1-6(2)15-10-16-8-5-7(11(12,13)14)3-4-9(8)20(18,19)17-10/h3-6H,1-2H3,(H2,15,16,17). The van der Waals surface area contributed by atoms with Crippen molar-refractivity contribution in [2.75, 3.05) is 5.32 Å². The van der Waals surface area contributed by atoms with Crippen molar-refractivity contribution in [2.45, 2.75) is 31.0 Å². The van der Waals surface area contributed by atoms with Crippen molar-refractivity contribution in [1.29, 1.82) is 0 Å². The lowest BCUT2D eigenvalue weighted by molar-refractivity contribution is -0.137. The molecule has 1 aliphatic heterocycles. The predicted octanol–water partition coefficient (Wildman–Crippen LogP) is 2.17. The van der Waals surface area contributed by atoms with E-state index in [1.54, 1.807) is 13.8 Å². The van der Waals surface area contributed by atoms with Gasteiger partial charge < -0.3 is 5.32 Å². The molecule has 5 nitrogen and oxygen atoms in total. The fourth-order valence-corrected chi connectivity index (χ4v) is 2.81. The largest absolute Gasteiger partial charge is 0.416 e. The van der Waals surface area contributed by atoms with Gasteiger partial charge >= 0.3 is 6.18 Å². The molecule has 0 atom stereocenters. The molecule has 1 heterocycles. The van der Waals surface area contributed by atoms with Crippen LogP contribution in [0.4, 0.5) is 18.9 Å². The first-order chi connectivity index (χ1) is 9.09. The topological polar surface area (TPSA) is 70.6 Å². The first-order valence-electron chi connectivity index (χ1n) is 5.68. The number of rotatable bonds is 1. The van der Waals surface area contributed by atoms with Gasteiger partial charge in [0, 0.05) is 6.04 Å². The predicted molar refractivity (Wildman–Crippen MR) is 68.0 cm³/mol. The number of benzene rings is 1. The van der Waals surface area contributed by atoms with Crippen LogP contribution in [0.3, 0.4) is 0 Å². The summed E-state index contributed by atoms with van der Waals surface area (Å²) in [6.07, 6.45) is -4.54. The molecule has 2 rings (SSSR count). The van der Waals surface area contributed by atoms with E-state index >= 15 is 0 Å². The number of alkyl halides is 3. The molecule has 0 saturated carbocycles. The lowest BCUT2D eigenvalue weighted by atomic mass is 10.2. The van der Waals surface area contributed by atoms with Gasteiger partial charge in [0.05, 0.1) is 11.3 Å². The van der Waals surface area contributed by atoms with Crippen LogP contribution in [0.15, 0.2) is 28.1 Å². The van der Waals surface area contributed by atoms with Crippen LogP contribution in [0.1, 0.15) is 19.4 Å². The van der Waals surface area contributed by atoms with Gasteiger partial charge in [-0.1, -0.05) is 0 Å². The number of halogens is 3. The number of nitrogens with zero attached hydrogens (tertiary/aromatic N) is 1. The molecule has 0 saturated heterocycles. The smallest absolute Gasteiger partial charge is 0.324 e. The normalized spacial score (nSPS) is 19.4. The number of guanidine groups is 1. The van der Waals surface area contributed by atoms with Crippen LogP contribution in [0.25, 0.3) is 0 Å². The van der Waals surface area contributed by atoms with Crippen LogP contribution in [0.5, 0.6) is 0 Å². The fourth-order valence-electron chi connectivity index (χ4n) is 1.69. The number of hydrogen-bond donors (Lipinski definition) is 2. The maximum atomic E-state index is 12.6. The van der Waals surface area contributed by atoms with E-state index in [0.29, 0.717) is 0 Å². The Morgan fingerprint density at radius 2 is 1.90 bits per heavy atom. The first-order valence-corrected chi connectivity index (χ1v) is 7.17. The molecule has 0 spiro atoms. The summed E-state index contributed by atoms with van der Waals surface area (Å²) in [6, 6.07) is 2.18. The third-order valence-electron chi connectivity index (χ3n) is 2.47. The third-order valence-corrected chi connectivity index (χ3v) is 3.86. The lowest BCUT2D eigenvalue weighted by Crippen LogP contribution is -2.41. The molecule has 110 valence electrons. The number of nitrogens with one attached hydrogen (secondary N) is 2. The van der Waals surface area contributed by atoms with E-state index in [9.17, 15) is 21.6 Å². The van der Waals surface area contributed by atoms with E-state index in [0.717, 1.165) is 18.2 Å². The summed E-state index contributed by atoms with van der Waals surface area (Å²) in [5, 5.41) is 2.56. The van der Waals surface area contributed by atoms with Gasteiger partial charge in [-0.2, -0.15) is 13.2 Å². The van der Waals surface area contributed by atoms with E-state index in [4.69, 9.17) is 0 Å². The molecule has 20 heavy (non-hydrogen) atoms. The van der Waals surface area contributed by atoms with Crippen molar-refractivity contribution in [3.05, 3.63) is 23.8 Å². The zero-order valence-electron chi connectivity index (χ0n) is 10.6. The van der Waals surface area contributed by atoms with Crippen molar-refractivity contribution in [2.24, 2.45) is 4.99 Å². The van der Waals surface area contributed by atoms with E-state index in [-0.39, 0.29) is 22.6 Å².